The summed E-state index contributed by atoms with van der Waals surface area (Å²) in [6.45, 7) is 0.178. The standard InChI is InChI=1S/C27H24Cl2N6O6/c1-33-13-16(29)11-18(25(33)38)35-21(14-6-8-15(28)9-7-14)22-20(26(35)39)31-23(34(22)10-4-5-19(36)37)17-12-30-27(41-3)32-24(17)40-2/h6-9,11-13,21H,4-5,10H2,1-3H3,(H,36,37)/t21-/m1/s1. The van der Waals surface area contributed by atoms with E-state index in [0.29, 0.717) is 27.7 Å². The zero-order valence-electron chi connectivity index (χ0n) is 22.2. The molecule has 3 aromatic heterocycles. The summed E-state index contributed by atoms with van der Waals surface area (Å²) in [6, 6.07) is 7.55. The summed E-state index contributed by atoms with van der Waals surface area (Å²) in [6.07, 6.45) is 3.02. The molecule has 41 heavy (non-hydrogen) atoms. The largest absolute Gasteiger partial charge is 0.481 e. The molecule has 0 bridgehead atoms. The maximum atomic E-state index is 14.1. The van der Waals surface area contributed by atoms with Gasteiger partial charge in [-0.15, -0.1) is 0 Å². The summed E-state index contributed by atoms with van der Waals surface area (Å²) in [5.74, 6) is -1.06. The number of hydrogen-bond donors (Lipinski definition) is 1. The quantitative estimate of drug-likeness (QED) is 0.302. The maximum absolute atomic E-state index is 14.1. The molecule has 4 heterocycles. The third kappa shape index (κ3) is 5.11. The number of amides is 1. The fourth-order valence-corrected chi connectivity index (χ4v) is 5.23. The summed E-state index contributed by atoms with van der Waals surface area (Å²) in [5.41, 5.74) is 1.17. The molecule has 1 N–H and O–H groups in total. The monoisotopic (exact) mass is 598 g/mol. The Hall–Kier alpha value is -4.42. The van der Waals surface area contributed by atoms with E-state index < -0.39 is 23.5 Å². The second kappa shape index (κ2) is 11.2. The van der Waals surface area contributed by atoms with Gasteiger partial charge in [0.15, 0.2) is 5.69 Å². The lowest BCUT2D eigenvalue weighted by Gasteiger charge is -2.27. The van der Waals surface area contributed by atoms with Gasteiger partial charge in [0.2, 0.25) is 5.88 Å². The number of carbonyl (C=O) groups is 2. The third-order valence-electron chi connectivity index (χ3n) is 6.64. The molecule has 0 aliphatic carbocycles. The van der Waals surface area contributed by atoms with Gasteiger partial charge < -0.3 is 23.7 Å². The molecule has 0 fully saturated rings. The predicted octanol–water partition coefficient (Wildman–Crippen LogP) is 3.98. The van der Waals surface area contributed by atoms with E-state index in [2.05, 4.69) is 9.97 Å². The molecular weight excluding hydrogens is 575 g/mol. The summed E-state index contributed by atoms with van der Waals surface area (Å²) in [7, 11) is 4.38. The van der Waals surface area contributed by atoms with Crippen LogP contribution < -0.4 is 19.9 Å². The van der Waals surface area contributed by atoms with Crippen LogP contribution in [0.2, 0.25) is 10.0 Å². The molecule has 212 valence electrons. The Morgan fingerprint density at radius 3 is 2.46 bits per heavy atom. The lowest BCUT2D eigenvalue weighted by molar-refractivity contribution is -0.137. The number of aromatic nitrogens is 5. The minimum Gasteiger partial charge on any atom is -0.481 e. The van der Waals surface area contributed by atoms with Crippen LogP contribution in [-0.2, 0) is 18.4 Å². The molecular formula is C27H24Cl2N6O6. The molecule has 1 aromatic carbocycles. The lowest BCUT2D eigenvalue weighted by atomic mass is 10.0. The van der Waals surface area contributed by atoms with Gasteiger partial charge >= 0.3 is 12.0 Å². The fourth-order valence-electron chi connectivity index (χ4n) is 4.86. The van der Waals surface area contributed by atoms with E-state index in [4.69, 9.17) is 37.7 Å². The number of halogens is 2. The molecule has 0 radical (unpaired) electrons. The SMILES string of the molecule is COc1ncc(-c2nc3c(n2CCCC(=O)O)[C@@H](c2ccc(Cl)cc2)N(c2cc(Cl)cn(C)c2=O)C3=O)c(OC)n1. The number of aryl methyl sites for hydroxylation is 1. The maximum Gasteiger partial charge on any atom is 0.319 e. The van der Waals surface area contributed by atoms with E-state index in [1.54, 1.807) is 35.9 Å². The minimum absolute atomic E-state index is 0.0620. The van der Waals surface area contributed by atoms with Gasteiger partial charge in [0, 0.05) is 37.4 Å². The van der Waals surface area contributed by atoms with Crippen molar-refractivity contribution in [3.63, 3.8) is 0 Å². The molecule has 1 aliphatic rings. The number of fused-ring (bicyclic) bond motifs is 1. The fraction of sp³-hybridized carbons (Fsp3) is 0.259. The van der Waals surface area contributed by atoms with Crippen molar-refractivity contribution in [2.24, 2.45) is 7.05 Å². The molecule has 12 nitrogen and oxygen atoms in total. The van der Waals surface area contributed by atoms with Crippen LogP contribution in [0.5, 0.6) is 11.9 Å². The number of rotatable bonds is 9. The van der Waals surface area contributed by atoms with Crippen molar-refractivity contribution in [2.75, 3.05) is 19.1 Å². The summed E-state index contributed by atoms with van der Waals surface area (Å²) in [5, 5.41) is 10.1. The van der Waals surface area contributed by atoms with E-state index in [9.17, 15) is 19.5 Å². The Bertz CT molecular complexity index is 1720. The van der Waals surface area contributed by atoms with E-state index in [0.717, 1.165) is 0 Å². The Labute approximate surface area is 243 Å². The number of benzene rings is 1. The molecule has 1 atom stereocenters. The predicted molar refractivity (Wildman–Crippen MR) is 150 cm³/mol. The number of carbonyl (C=O) groups excluding carboxylic acids is 1. The van der Waals surface area contributed by atoms with Gasteiger partial charge in [0.05, 0.1) is 30.5 Å². The normalized spacial score (nSPS) is 14.3. The zero-order valence-corrected chi connectivity index (χ0v) is 23.7. The van der Waals surface area contributed by atoms with Gasteiger partial charge in [-0.25, -0.2) is 9.97 Å². The summed E-state index contributed by atoms with van der Waals surface area (Å²) >= 11 is 12.5. The number of carboxylic acid groups (broad SMARTS) is 1. The second-order valence-electron chi connectivity index (χ2n) is 9.19. The number of hydrogen-bond acceptors (Lipinski definition) is 8. The number of pyridine rings is 1. The van der Waals surface area contributed by atoms with Gasteiger partial charge in [0.25, 0.3) is 11.5 Å². The molecule has 0 saturated carbocycles. The minimum atomic E-state index is -0.969. The number of aliphatic carboxylic acids is 1. The molecule has 1 amide bonds. The average Bonchev–Trinajstić information content (AvgIpc) is 3.45. The van der Waals surface area contributed by atoms with Crippen molar-refractivity contribution in [3.8, 4) is 23.3 Å². The lowest BCUT2D eigenvalue weighted by Crippen LogP contribution is -2.35. The van der Waals surface area contributed by atoms with Crippen LogP contribution >= 0.6 is 23.2 Å². The molecule has 5 rings (SSSR count). The van der Waals surface area contributed by atoms with E-state index in [-0.39, 0.29) is 47.7 Å². The number of imidazole rings is 1. The van der Waals surface area contributed by atoms with Crippen molar-refractivity contribution in [3.05, 3.63) is 80.1 Å². The molecule has 0 spiro atoms. The van der Waals surface area contributed by atoms with Gasteiger partial charge in [-0.2, -0.15) is 4.98 Å². The van der Waals surface area contributed by atoms with E-state index in [1.807, 2.05) is 0 Å². The summed E-state index contributed by atoms with van der Waals surface area (Å²) < 4.78 is 13.6. The van der Waals surface area contributed by atoms with Crippen molar-refractivity contribution in [1.82, 2.24) is 24.1 Å². The Morgan fingerprint density at radius 2 is 1.80 bits per heavy atom. The highest BCUT2D eigenvalue weighted by molar-refractivity contribution is 6.31. The first kappa shape index (κ1) is 28.1. The summed E-state index contributed by atoms with van der Waals surface area (Å²) in [4.78, 5) is 53.3. The van der Waals surface area contributed by atoms with Gasteiger partial charge in [-0.3, -0.25) is 19.3 Å². The first-order valence-electron chi connectivity index (χ1n) is 12.4. The van der Waals surface area contributed by atoms with Crippen molar-refractivity contribution in [1.29, 1.82) is 0 Å². The number of carboxylic acids is 1. The average molecular weight is 599 g/mol. The first-order valence-corrected chi connectivity index (χ1v) is 13.1. The molecule has 4 aromatic rings. The molecule has 14 heteroatoms. The van der Waals surface area contributed by atoms with Crippen LogP contribution in [0.1, 0.15) is 40.6 Å². The highest BCUT2D eigenvalue weighted by atomic mass is 35.5. The number of nitrogens with zero attached hydrogens (tertiary/aromatic N) is 6. The Balaban J connectivity index is 1.78. The van der Waals surface area contributed by atoms with E-state index in [1.165, 1.54) is 42.1 Å². The smallest absolute Gasteiger partial charge is 0.319 e. The van der Waals surface area contributed by atoms with E-state index >= 15 is 0 Å². The topological polar surface area (TPSA) is 142 Å². The molecule has 1 aliphatic heterocycles. The van der Waals surface area contributed by atoms with Crippen LogP contribution in [0.3, 0.4) is 0 Å². The Kier molecular flexibility index (Phi) is 7.70. The van der Waals surface area contributed by atoms with Crippen molar-refractivity contribution < 1.29 is 24.2 Å². The zero-order chi connectivity index (χ0) is 29.4. The van der Waals surface area contributed by atoms with Crippen LogP contribution in [0.15, 0.2) is 47.5 Å². The highest BCUT2D eigenvalue weighted by Crippen LogP contribution is 2.44. The Morgan fingerprint density at radius 1 is 1.07 bits per heavy atom. The first-order chi connectivity index (χ1) is 19.6. The third-order valence-corrected chi connectivity index (χ3v) is 7.10. The van der Waals surface area contributed by atoms with Gasteiger partial charge in [-0.1, -0.05) is 35.3 Å². The molecule has 0 unspecified atom stereocenters. The van der Waals surface area contributed by atoms with Crippen molar-refractivity contribution in [2.45, 2.75) is 25.4 Å². The van der Waals surface area contributed by atoms with Crippen LogP contribution in [0, 0.1) is 0 Å². The second-order valence-corrected chi connectivity index (χ2v) is 10.1. The van der Waals surface area contributed by atoms with Gasteiger partial charge in [-0.05, 0) is 30.2 Å². The number of ether oxygens (including phenoxy) is 2. The van der Waals surface area contributed by atoms with Crippen LogP contribution in [0.25, 0.3) is 11.4 Å². The number of anilines is 1. The molecule has 0 saturated heterocycles. The van der Waals surface area contributed by atoms with Crippen molar-refractivity contribution >= 4 is 40.8 Å². The highest BCUT2D eigenvalue weighted by Gasteiger charge is 2.45. The van der Waals surface area contributed by atoms with Crippen LogP contribution in [0.4, 0.5) is 5.69 Å². The van der Waals surface area contributed by atoms with Crippen LogP contribution in [-0.4, -0.2) is 55.3 Å². The van der Waals surface area contributed by atoms with Gasteiger partial charge in [0.1, 0.15) is 17.6 Å². The number of methoxy groups -OCH3 is 2.